The number of nitrogens with one attached hydrogen (secondary N) is 1. The van der Waals surface area contributed by atoms with E-state index in [0.717, 1.165) is 18.1 Å². The molecule has 0 fully saturated rings. The van der Waals surface area contributed by atoms with Crippen LogP contribution < -0.4 is 10.5 Å². The van der Waals surface area contributed by atoms with E-state index in [1.807, 2.05) is 12.1 Å². The van der Waals surface area contributed by atoms with E-state index in [1.165, 1.54) is 10.5 Å². The van der Waals surface area contributed by atoms with Gasteiger partial charge in [-0.2, -0.15) is 13.2 Å². The van der Waals surface area contributed by atoms with Crippen molar-refractivity contribution in [1.82, 2.24) is 5.32 Å². The molecule has 1 amide bonds. The van der Waals surface area contributed by atoms with Gasteiger partial charge in [0.15, 0.2) is 0 Å². The Labute approximate surface area is 146 Å². The van der Waals surface area contributed by atoms with Crippen molar-refractivity contribution in [3.05, 3.63) is 29.8 Å². The normalized spacial score (nSPS) is 13.4. The molecule has 1 atom stereocenters. The quantitative estimate of drug-likeness (QED) is 0.686. The minimum atomic E-state index is -5.11. The monoisotopic (exact) mass is 375 g/mol. The molecule has 4 nitrogen and oxygen atoms in total. The Balaban J connectivity index is 2.94. The van der Waals surface area contributed by atoms with Crippen LogP contribution in [0, 0.1) is 0 Å². The van der Waals surface area contributed by atoms with Crippen LogP contribution >= 0.6 is 0 Å². The maximum Gasteiger partial charge on any atom is 0.471 e. The lowest BCUT2D eigenvalue weighted by molar-refractivity contribution is -0.175. The molecule has 0 radical (unpaired) electrons. The number of aliphatic carboxylic acids is 1. The summed E-state index contributed by atoms with van der Waals surface area (Å²) in [7, 11) is -1.56. The Morgan fingerprint density at radius 1 is 1.08 bits per heavy atom. The number of carbonyl (C=O) groups excluding carboxylic acids is 1. The molecule has 8 heteroatoms. The Hall–Kier alpha value is -1.83. The third kappa shape index (κ3) is 5.32. The smallest absolute Gasteiger partial charge is 0.471 e. The third-order valence-electron chi connectivity index (χ3n) is 4.90. The molecular formula is C17H24F3NO3Si. The summed E-state index contributed by atoms with van der Waals surface area (Å²) in [5.41, 5.74) is 0.574. The minimum absolute atomic E-state index is 0.198. The van der Waals surface area contributed by atoms with Crippen molar-refractivity contribution in [2.24, 2.45) is 0 Å². The number of carboxylic acid groups (broad SMARTS) is 1. The highest BCUT2D eigenvalue weighted by Gasteiger charge is 2.40. The lowest BCUT2D eigenvalue weighted by Crippen LogP contribution is -2.48. The van der Waals surface area contributed by atoms with Crippen molar-refractivity contribution < 1.29 is 27.9 Å². The molecule has 1 aromatic carbocycles. The van der Waals surface area contributed by atoms with Gasteiger partial charge < -0.3 is 10.4 Å². The van der Waals surface area contributed by atoms with Crippen molar-refractivity contribution >= 4 is 25.1 Å². The molecule has 140 valence electrons. The fraction of sp³-hybridized carbons (Fsp3) is 0.529. The van der Waals surface area contributed by atoms with E-state index in [1.54, 1.807) is 12.1 Å². The zero-order chi connectivity index (χ0) is 19.3. The number of carboxylic acids is 1. The molecule has 0 saturated heterocycles. The van der Waals surface area contributed by atoms with E-state index < -0.39 is 32.2 Å². The Kier molecular flexibility index (Phi) is 7.22. The first-order valence-electron chi connectivity index (χ1n) is 8.29. The number of hydrogen-bond donors (Lipinski definition) is 2. The first kappa shape index (κ1) is 21.2. The first-order valence-corrected chi connectivity index (χ1v) is 10.9. The molecule has 0 saturated carbocycles. The molecule has 0 bridgehead atoms. The maximum absolute atomic E-state index is 12.3. The van der Waals surface area contributed by atoms with Gasteiger partial charge in [-0.1, -0.05) is 68.4 Å². The molecule has 0 heterocycles. The molecule has 0 aliphatic carbocycles. The topological polar surface area (TPSA) is 66.4 Å². The number of rotatable bonds is 8. The molecule has 2 N–H and O–H groups in total. The molecule has 1 rings (SSSR count). The average Bonchev–Trinajstić information content (AvgIpc) is 2.56. The van der Waals surface area contributed by atoms with Gasteiger partial charge in [0.1, 0.15) is 6.04 Å². The van der Waals surface area contributed by atoms with Crippen LogP contribution in [-0.4, -0.2) is 37.3 Å². The second-order valence-electron chi connectivity index (χ2n) is 6.10. The summed E-state index contributed by atoms with van der Waals surface area (Å²) in [6.07, 6.45) is -5.30. The van der Waals surface area contributed by atoms with Crippen LogP contribution in [0.4, 0.5) is 13.2 Å². The number of benzene rings is 1. The van der Waals surface area contributed by atoms with Gasteiger partial charge >= 0.3 is 18.1 Å². The van der Waals surface area contributed by atoms with Crippen molar-refractivity contribution in [1.29, 1.82) is 0 Å². The van der Waals surface area contributed by atoms with Crippen LogP contribution in [0.1, 0.15) is 26.3 Å². The van der Waals surface area contributed by atoms with Gasteiger partial charge in [-0.3, -0.25) is 4.79 Å². The van der Waals surface area contributed by atoms with Gasteiger partial charge in [0.2, 0.25) is 0 Å². The zero-order valence-corrected chi connectivity index (χ0v) is 15.6. The van der Waals surface area contributed by atoms with Crippen LogP contribution in [0.15, 0.2) is 24.3 Å². The Bertz CT molecular complexity index is 590. The molecular weight excluding hydrogens is 351 g/mol. The summed E-state index contributed by atoms with van der Waals surface area (Å²) in [4.78, 5) is 22.1. The fourth-order valence-corrected chi connectivity index (χ4v) is 6.63. The summed E-state index contributed by atoms with van der Waals surface area (Å²) >= 11 is 0. The Morgan fingerprint density at radius 2 is 1.56 bits per heavy atom. The lowest BCUT2D eigenvalue weighted by atomic mass is 10.1. The van der Waals surface area contributed by atoms with E-state index in [0.29, 0.717) is 5.56 Å². The minimum Gasteiger partial charge on any atom is -0.480 e. The van der Waals surface area contributed by atoms with E-state index >= 15 is 0 Å². The molecule has 0 spiro atoms. The summed E-state index contributed by atoms with van der Waals surface area (Å²) in [6.45, 7) is 6.50. The van der Waals surface area contributed by atoms with E-state index in [2.05, 4.69) is 20.8 Å². The van der Waals surface area contributed by atoms with Gasteiger partial charge in [-0.25, -0.2) is 4.79 Å². The summed E-state index contributed by atoms with van der Waals surface area (Å²) < 4.78 is 36.9. The number of amides is 1. The lowest BCUT2D eigenvalue weighted by Gasteiger charge is -2.29. The van der Waals surface area contributed by atoms with Gasteiger partial charge in [-0.15, -0.1) is 0 Å². The van der Waals surface area contributed by atoms with Gasteiger partial charge in [0.05, 0.1) is 8.07 Å². The second kappa shape index (κ2) is 8.51. The highest BCUT2D eigenvalue weighted by atomic mass is 28.3. The summed E-state index contributed by atoms with van der Waals surface area (Å²) in [6, 6.07) is 9.05. The van der Waals surface area contributed by atoms with Crippen LogP contribution in [0.3, 0.4) is 0 Å². The Morgan fingerprint density at radius 3 is 1.92 bits per heavy atom. The van der Waals surface area contributed by atoms with Gasteiger partial charge in [0.25, 0.3) is 0 Å². The largest absolute Gasteiger partial charge is 0.480 e. The number of alkyl halides is 3. The summed E-state index contributed by atoms with van der Waals surface area (Å²) in [5, 5.41) is 11.9. The standard InChI is InChI=1S/C17H24F3NO3Si/c1-4-25(5-2,6-3)13-9-7-12(8-10-13)11-14(15(22)23)21-16(24)17(18,19)20/h7-10,14H,4-6,11H2,1-3H3,(H,21,24)(H,22,23)/t14-/m0/s1. The molecule has 0 aromatic heterocycles. The molecule has 1 aromatic rings. The van der Waals surface area contributed by atoms with E-state index in [9.17, 15) is 22.8 Å². The molecule has 0 aliphatic heterocycles. The molecule has 25 heavy (non-hydrogen) atoms. The van der Waals surface area contributed by atoms with Crippen LogP contribution in [-0.2, 0) is 16.0 Å². The van der Waals surface area contributed by atoms with Crippen LogP contribution in [0.25, 0.3) is 0 Å². The molecule has 0 aliphatic rings. The SMILES string of the molecule is CC[Si](CC)(CC)c1ccc(C[C@H](NC(=O)C(F)(F)F)C(=O)O)cc1. The third-order valence-corrected chi connectivity index (χ3v) is 10.5. The summed E-state index contributed by atoms with van der Waals surface area (Å²) in [5.74, 6) is -3.74. The van der Waals surface area contributed by atoms with E-state index in [4.69, 9.17) is 5.11 Å². The average molecular weight is 375 g/mol. The number of carbonyl (C=O) groups is 2. The van der Waals surface area contributed by atoms with Crippen LogP contribution in [0.5, 0.6) is 0 Å². The van der Waals surface area contributed by atoms with E-state index in [-0.39, 0.29) is 6.42 Å². The maximum atomic E-state index is 12.3. The second-order valence-corrected chi connectivity index (χ2v) is 11.4. The predicted molar refractivity (Wildman–Crippen MR) is 92.6 cm³/mol. The fourth-order valence-electron chi connectivity index (χ4n) is 3.03. The first-order chi connectivity index (χ1) is 11.6. The van der Waals surface area contributed by atoms with Crippen molar-refractivity contribution in [2.45, 2.75) is 57.5 Å². The highest BCUT2D eigenvalue weighted by molar-refractivity contribution is 6.91. The van der Waals surface area contributed by atoms with Crippen LogP contribution in [0.2, 0.25) is 18.1 Å². The zero-order valence-electron chi connectivity index (χ0n) is 14.6. The van der Waals surface area contributed by atoms with Crippen molar-refractivity contribution in [3.8, 4) is 0 Å². The number of hydrogen-bond acceptors (Lipinski definition) is 2. The number of halogens is 3. The van der Waals surface area contributed by atoms with Crippen molar-refractivity contribution in [3.63, 3.8) is 0 Å². The molecule has 0 unspecified atom stereocenters. The van der Waals surface area contributed by atoms with Crippen molar-refractivity contribution in [2.75, 3.05) is 0 Å². The van der Waals surface area contributed by atoms with Gasteiger partial charge in [0, 0.05) is 6.42 Å². The highest BCUT2D eigenvalue weighted by Crippen LogP contribution is 2.20. The predicted octanol–water partition coefficient (Wildman–Crippen LogP) is 3.08. The van der Waals surface area contributed by atoms with Gasteiger partial charge in [-0.05, 0) is 5.56 Å².